The molecular formula is C17H17N3O2. The van der Waals surface area contributed by atoms with Crippen LogP contribution in [0.4, 0.5) is 0 Å². The fourth-order valence-electron chi connectivity index (χ4n) is 2.33. The Labute approximate surface area is 128 Å². The molecule has 0 spiro atoms. The molecule has 2 N–H and O–H groups in total. The molecular weight excluding hydrogens is 278 g/mol. The first-order chi connectivity index (χ1) is 10.7. The molecule has 0 saturated heterocycles. The van der Waals surface area contributed by atoms with Crippen LogP contribution >= 0.6 is 0 Å². The van der Waals surface area contributed by atoms with Crippen LogP contribution < -0.4 is 10.1 Å². The van der Waals surface area contributed by atoms with Crippen LogP contribution in [0.15, 0.2) is 48.7 Å². The molecule has 5 nitrogen and oxygen atoms in total. The molecule has 3 aromatic rings. The standard InChI is InChI=1S/C17H17N3O2/c1-11(12-5-7-13(22-2)8-6-12)19-17(21)16-10-15-14(20-16)4-3-9-18-15/h3-11,20H,1-2H3,(H,19,21). The van der Waals surface area contributed by atoms with Gasteiger partial charge in [-0.15, -0.1) is 0 Å². The number of methoxy groups -OCH3 is 1. The van der Waals surface area contributed by atoms with Gasteiger partial charge in [-0.1, -0.05) is 12.1 Å². The molecule has 0 aliphatic heterocycles. The molecule has 0 saturated carbocycles. The van der Waals surface area contributed by atoms with Crippen LogP contribution in [0.1, 0.15) is 29.0 Å². The zero-order valence-electron chi connectivity index (χ0n) is 12.5. The predicted molar refractivity (Wildman–Crippen MR) is 85.0 cm³/mol. The van der Waals surface area contributed by atoms with Gasteiger partial charge in [0.1, 0.15) is 11.4 Å². The van der Waals surface area contributed by atoms with Gasteiger partial charge in [0.2, 0.25) is 0 Å². The maximum Gasteiger partial charge on any atom is 0.268 e. The third kappa shape index (κ3) is 2.79. The summed E-state index contributed by atoms with van der Waals surface area (Å²) in [5.74, 6) is 0.644. The Morgan fingerprint density at radius 1 is 1.27 bits per heavy atom. The van der Waals surface area contributed by atoms with E-state index in [4.69, 9.17) is 4.74 Å². The van der Waals surface area contributed by atoms with E-state index in [1.165, 1.54) is 0 Å². The van der Waals surface area contributed by atoms with Crippen molar-refractivity contribution in [2.45, 2.75) is 13.0 Å². The number of fused-ring (bicyclic) bond motifs is 1. The highest BCUT2D eigenvalue weighted by atomic mass is 16.5. The smallest absolute Gasteiger partial charge is 0.268 e. The van der Waals surface area contributed by atoms with E-state index in [0.717, 1.165) is 22.3 Å². The third-order valence-electron chi connectivity index (χ3n) is 3.60. The highest BCUT2D eigenvalue weighted by Gasteiger charge is 2.14. The van der Waals surface area contributed by atoms with Crippen LogP contribution in [0, 0.1) is 0 Å². The highest BCUT2D eigenvalue weighted by Crippen LogP contribution is 2.18. The SMILES string of the molecule is COc1ccc(C(C)NC(=O)c2cc3ncccc3[nH]2)cc1. The zero-order valence-corrected chi connectivity index (χ0v) is 12.5. The molecule has 2 heterocycles. The molecule has 1 amide bonds. The third-order valence-corrected chi connectivity index (χ3v) is 3.60. The van der Waals surface area contributed by atoms with Gasteiger partial charge in [-0.3, -0.25) is 9.78 Å². The molecule has 0 radical (unpaired) electrons. The minimum absolute atomic E-state index is 0.0993. The van der Waals surface area contributed by atoms with Crippen molar-refractivity contribution in [1.29, 1.82) is 0 Å². The second-order valence-electron chi connectivity index (χ2n) is 5.09. The number of aromatic nitrogens is 2. The summed E-state index contributed by atoms with van der Waals surface area (Å²) in [5.41, 5.74) is 3.16. The molecule has 0 fully saturated rings. The molecule has 0 aliphatic carbocycles. The molecule has 2 aromatic heterocycles. The number of carbonyl (C=O) groups is 1. The van der Waals surface area contributed by atoms with Crippen LogP contribution in [0.5, 0.6) is 5.75 Å². The molecule has 1 unspecified atom stereocenters. The van der Waals surface area contributed by atoms with E-state index < -0.39 is 0 Å². The summed E-state index contributed by atoms with van der Waals surface area (Å²) in [6, 6.07) is 13.0. The number of carbonyl (C=O) groups excluding carboxylic acids is 1. The Bertz CT molecular complexity index is 760. The number of nitrogens with zero attached hydrogens (tertiary/aromatic N) is 1. The van der Waals surface area contributed by atoms with Gasteiger partial charge in [0.15, 0.2) is 0 Å². The van der Waals surface area contributed by atoms with E-state index in [0.29, 0.717) is 5.69 Å². The van der Waals surface area contributed by atoms with Crippen LogP contribution in [0.25, 0.3) is 11.0 Å². The second kappa shape index (κ2) is 5.89. The Kier molecular flexibility index (Phi) is 3.78. The first-order valence-corrected chi connectivity index (χ1v) is 7.06. The second-order valence-corrected chi connectivity index (χ2v) is 5.09. The van der Waals surface area contributed by atoms with Crippen molar-refractivity contribution >= 4 is 16.9 Å². The van der Waals surface area contributed by atoms with Gasteiger partial charge in [-0.2, -0.15) is 0 Å². The number of nitrogens with one attached hydrogen (secondary N) is 2. The first kappa shape index (κ1) is 14.1. The minimum Gasteiger partial charge on any atom is -0.497 e. The topological polar surface area (TPSA) is 67.0 Å². The van der Waals surface area contributed by atoms with Crippen molar-refractivity contribution in [3.63, 3.8) is 0 Å². The van der Waals surface area contributed by atoms with Crippen molar-refractivity contribution < 1.29 is 9.53 Å². The normalized spacial score (nSPS) is 12.1. The fraction of sp³-hybridized carbons (Fsp3) is 0.176. The van der Waals surface area contributed by atoms with E-state index in [1.807, 2.05) is 43.3 Å². The van der Waals surface area contributed by atoms with Gasteiger partial charge in [-0.25, -0.2) is 0 Å². The molecule has 0 bridgehead atoms. The number of pyridine rings is 1. The Morgan fingerprint density at radius 2 is 2.05 bits per heavy atom. The van der Waals surface area contributed by atoms with Crippen molar-refractivity contribution in [2.24, 2.45) is 0 Å². The Hall–Kier alpha value is -2.82. The van der Waals surface area contributed by atoms with Gasteiger partial charge in [0.05, 0.1) is 24.2 Å². The van der Waals surface area contributed by atoms with Crippen molar-refractivity contribution in [1.82, 2.24) is 15.3 Å². The zero-order chi connectivity index (χ0) is 15.5. The molecule has 1 aromatic carbocycles. The van der Waals surface area contributed by atoms with Crippen LogP contribution in [0.2, 0.25) is 0 Å². The number of aromatic amines is 1. The van der Waals surface area contributed by atoms with Gasteiger partial charge >= 0.3 is 0 Å². The first-order valence-electron chi connectivity index (χ1n) is 7.06. The van der Waals surface area contributed by atoms with Crippen LogP contribution in [-0.4, -0.2) is 23.0 Å². The van der Waals surface area contributed by atoms with Crippen LogP contribution in [0.3, 0.4) is 0 Å². The molecule has 5 heteroatoms. The van der Waals surface area contributed by atoms with Gasteiger partial charge in [0.25, 0.3) is 5.91 Å². The van der Waals surface area contributed by atoms with E-state index >= 15 is 0 Å². The number of hydrogen-bond donors (Lipinski definition) is 2. The summed E-state index contributed by atoms with van der Waals surface area (Å²) < 4.78 is 5.13. The Morgan fingerprint density at radius 3 is 2.73 bits per heavy atom. The number of hydrogen-bond acceptors (Lipinski definition) is 3. The maximum absolute atomic E-state index is 12.3. The van der Waals surface area contributed by atoms with Gasteiger partial charge in [-0.05, 0) is 42.8 Å². The molecule has 112 valence electrons. The molecule has 22 heavy (non-hydrogen) atoms. The average Bonchev–Trinajstić information content (AvgIpc) is 2.99. The molecule has 0 aliphatic rings. The lowest BCUT2D eigenvalue weighted by molar-refractivity contribution is 0.0935. The Balaban J connectivity index is 1.74. The quantitative estimate of drug-likeness (QED) is 0.777. The fourth-order valence-corrected chi connectivity index (χ4v) is 2.33. The van der Waals surface area contributed by atoms with E-state index in [-0.39, 0.29) is 11.9 Å². The van der Waals surface area contributed by atoms with E-state index in [2.05, 4.69) is 15.3 Å². The largest absolute Gasteiger partial charge is 0.497 e. The van der Waals surface area contributed by atoms with Gasteiger partial charge < -0.3 is 15.0 Å². The number of H-pyrrole nitrogens is 1. The number of rotatable bonds is 4. The van der Waals surface area contributed by atoms with Crippen molar-refractivity contribution in [3.8, 4) is 5.75 Å². The predicted octanol–water partition coefficient (Wildman–Crippen LogP) is 3.06. The maximum atomic E-state index is 12.3. The molecule has 3 rings (SSSR count). The minimum atomic E-state index is -0.152. The summed E-state index contributed by atoms with van der Waals surface area (Å²) in [4.78, 5) is 19.6. The number of benzene rings is 1. The monoisotopic (exact) mass is 295 g/mol. The van der Waals surface area contributed by atoms with Crippen molar-refractivity contribution in [2.75, 3.05) is 7.11 Å². The van der Waals surface area contributed by atoms with E-state index in [1.54, 1.807) is 19.4 Å². The lowest BCUT2D eigenvalue weighted by Crippen LogP contribution is -2.26. The summed E-state index contributed by atoms with van der Waals surface area (Å²) in [5, 5.41) is 2.97. The summed E-state index contributed by atoms with van der Waals surface area (Å²) in [6.45, 7) is 1.95. The average molecular weight is 295 g/mol. The van der Waals surface area contributed by atoms with Crippen LogP contribution in [-0.2, 0) is 0 Å². The summed E-state index contributed by atoms with van der Waals surface area (Å²) >= 11 is 0. The lowest BCUT2D eigenvalue weighted by atomic mass is 10.1. The number of ether oxygens (including phenoxy) is 1. The lowest BCUT2D eigenvalue weighted by Gasteiger charge is -2.14. The molecule has 1 atom stereocenters. The van der Waals surface area contributed by atoms with Crippen molar-refractivity contribution in [3.05, 3.63) is 59.9 Å². The van der Waals surface area contributed by atoms with Gasteiger partial charge in [0, 0.05) is 6.20 Å². The number of amides is 1. The van der Waals surface area contributed by atoms with E-state index in [9.17, 15) is 4.79 Å². The highest BCUT2D eigenvalue weighted by molar-refractivity contribution is 5.97. The summed E-state index contributed by atoms with van der Waals surface area (Å²) in [6.07, 6.45) is 1.71. The summed E-state index contributed by atoms with van der Waals surface area (Å²) in [7, 11) is 1.63.